The molecule has 1 rings (SSSR count). The molecule has 0 bridgehead atoms. The summed E-state index contributed by atoms with van der Waals surface area (Å²) in [4.78, 5) is 22.3. The highest BCUT2D eigenvalue weighted by molar-refractivity contribution is 5.87. The lowest BCUT2D eigenvalue weighted by atomic mass is 9.96. The molecule has 0 amide bonds. The molecule has 1 aromatic rings. The Morgan fingerprint density at radius 3 is 2.33 bits per heavy atom. The third-order valence-corrected chi connectivity index (χ3v) is 2.64. The van der Waals surface area contributed by atoms with Crippen molar-refractivity contribution >= 4 is 24.2 Å². The van der Waals surface area contributed by atoms with Crippen LogP contribution in [-0.2, 0) is 16.0 Å². The van der Waals surface area contributed by atoms with Crippen molar-refractivity contribution in [1.82, 2.24) is 0 Å². The highest BCUT2D eigenvalue weighted by Crippen LogP contribution is 2.08. The number of hydrogen-bond acceptors (Lipinski definition) is 3. The molecule has 0 saturated carbocycles. The van der Waals surface area contributed by atoms with Crippen molar-refractivity contribution in [2.45, 2.75) is 25.8 Å². The minimum atomic E-state index is -0.967. The lowest BCUT2D eigenvalue weighted by molar-refractivity contribution is -0.143. The van der Waals surface area contributed by atoms with Crippen molar-refractivity contribution in [2.75, 3.05) is 0 Å². The second kappa shape index (κ2) is 7.84. The van der Waals surface area contributed by atoms with E-state index in [0.717, 1.165) is 5.56 Å². The molecule has 100 valence electrons. The average molecular weight is 272 g/mol. The van der Waals surface area contributed by atoms with Gasteiger partial charge in [-0.15, -0.1) is 12.4 Å². The summed E-state index contributed by atoms with van der Waals surface area (Å²) in [5.41, 5.74) is 6.74. The van der Waals surface area contributed by atoms with E-state index in [9.17, 15) is 9.59 Å². The number of hydrogen-bond donors (Lipinski definition) is 2. The maximum absolute atomic E-state index is 11.7. The van der Waals surface area contributed by atoms with Gasteiger partial charge in [0.25, 0.3) is 0 Å². The van der Waals surface area contributed by atoms with Gasteiger partial charge < -0.3 is 10.8 Å². The average Bonchev–Trinajstić information content (AvgIpc) is 2.29. The Morgan fingerprint density at radius 2 is 1.83 bits per heavy atom. The largest absolute Gasteiger partial charge is 0.481 e. The van der Waals surface area contributed by atoms with Gasteiger partial charge in [0.1, 0.15) is 0 Å². The zero-order valence-corrected chi connectivity index (χ0v) is 11.0. The molecule has 0 saturated heterocycles. The van der Waals surface area contributed by atoms with Gasteiger partial charge in [-0.2, -0.15) is 0 Å². The minimum absolute atomic E-state index is 0. The third-order valence-electron chi connectivity index (χ3n) is 2.64. The SMILES string of the molecule is CC(CC(=O)C(N)Cc1ccccc1)C(=O)O.Cl. The van der Waals surface area contributed by atoms with Crippen LogP contribution < -0.4 is 5.73 Å². The Bertz CT molecular complexity index is 394. The summed E-state index contributed by atoms with van der Waals surface area (Å²) >= 11 is 0. The van der Waals surface area contributed by atoms with E-state index in [2.05, 4.69) is 0 Å². The lowest BCUT2D eigenvalue weighted by Gasteiger charge is -2.12. The lowest BCUT2D eigenvalue weighted by Crippen LogP contribution is -2.34. The van der Waals surface area contributed by atoms with Crippen molar-refractivity contribution in [2.24, 2.45) is 11.7 Å². The van der Waals surface area contributed by atoms with Crippen molar-refractivity contribution in [3.05, 3.63) is 35.9 Å². The Balaban J connectivity index is 0.00000289. The highest BCUT2D eigenvalue weighted by atomic mass is 35.5. The topological polar surface area (TPSA) is 80.4 Å². The van der Waals surface area contributed by atoms with Crippen LogP contribution >= 0.6 is 12.4 Å². The molecule has 0 spiro atoms. The van der Waals surface area contributed by atoms with Crippen LogP contribution in [0.1, 0.15) is 18.9 Å². The predicted octanol–water partition coefficient (Wildman–Crippen LogP) is 1.66. The fourth-order valence-electron chi connectivity index (χ4n) is 1.52. The number of aliphatic carboxylic acids is 1. The Labute approximate surface area is 113 Å². The van der Waals surface area contributed by atoms with Crippen LogP contribution in [0.4, 0.5) is 0 Å². The molecule has 2 atom stereocenters. The van der Waals surface area contributed by atoms with Crippen molar-refractivity contribution in [3.63, 3.8) is 0 Å². The number of Topliss-reactive ketones (excluding diaryl/α,β-unsaturated/α-hetero) is 1. The number of nitrogens with two attached hydrogens (primary N) is 1. The summed E-state index contributed by atoms with van der Waals surface area (Å²) in [6, 6.07) is 8.82. The van der Waals surface area contributed by atoms with Gasteiger partial charge in [-0.05, 0) is 12.0 Å². The number of carbonyl (C=O) groups excluding carboxylic acids is 1. The van der Waals surface area contributed by atoms with Gasteiger partial charge in [0, 0.05) is 6.42 Å². The molecule has 5 heteroatoms. The maximum atomic E-state index is 11.7. The molecule has 0 aliphatic rings. The Morgan fingerprint density at radius 1 is 1.28 bits per heavy atom. The number of carboxylic acids is 1. The van der Waals surface area contributed by atoms with Gasteiger partial charge in [-0.1, -0.05) is 37.3 Å². The quantitative estimate of drug-likeness (QED) is 0.825. The van der Waals surface area contributed by atoms with Gasteiger partial charge in [0.05, 0.1) is 12.0 Å². The molecule has 0 fully saturated rings. The Hall–Kier alpha value is -1.39. The summed E-state index contributed by atoms with van der Waals surface area (Å²) < 4.78 is 0. The molecule has 2 unspecified atom stereocenters. The van der Waals surface area contributed by atoms with Gasteiger partial charge >= 0.3 is 5.97 Å². The molecule has 1 aromatic carbocycles. The van der Waals surface area contributed by atoms with Crippen molar-refractivity contribution in [1.29, 1.82) is 0 Å². The van der Waals surface area contributed by atoms with Gasteiger partial charge in [0.2, 0.25) is 0 Å². The number of rotatable bonds is 6. The number of benzene rings is 1. The first-order valence-corrected chi connectivity index (χ1v) is 5.55. The van der Waals surface area contributed by atoms with Gasteiger partial charge in [-0.25, -0.2) is 0 Å². The monoisotopic (exact) mass is 271 g/mol. The van der Waals surface area contributed by atoms with Crippen LogP contribution in [0.3, 0.4) is 0 Å². The molecule has 4 nitrogen and oxygen atoms in total. The minimum Gasteiger partial charge on any atom is -0.481 e. The molecule has 0 aliphatic carbocycles. The van der Waals surface area contributed by atoms with Crippen LogP contribution in [0.5, 0.6) is 0 Å². The van der Waals surface area contributed by atoms with E-state index in [1.807, 2.05) is 30.3 Å². The number of halogens is 1. The summed E-state index contributed by atoms with van der Waals surface area (Å²) in [6.07, 6.45) is 0.440. The smallest absolute Gasteiger partial charge is 0.306 e. The number of carboxylic acid groups (broad SMARTS) is 1. The van der Waals surface area contributed by atoms with E-state index in [0.29, 0.717) is 6.42 Å². The molecule has 3 N–H and O–H groups in total. The number of ketones is 1. The zero-order valence-electron chi connectivity index (χ0n) is 10.2. The molecule has 0 aromatic heterocycles. The number of carbonyl (C=O) groups is 2. The molecule has 0 radical (unpaired) electrons. The first-order valence-electron chi connectivity index (χ1n) is 5.55. The van der Waals surface area contributed by atoms with Crippen LogP contribution in [0, 0.1) is 5.92 Å². The van der Waals surface area contributed by atoms with Crippen LogP contribution in [-0.4, -0.2) is 22.9 Å². The van der Waals surface area contributed by atoms with E-state index in [1.54, 1.807) is 0 Å². The Kier molecular flexibility index (Phi) is 7.24. The van der Waals surface area contributed by atoms with Gasteiger partial charge in [0.15, 0.2) is 5.78 Å². The molecular formula is C13H18ClNO3. The molecule has 0 aliphatic heterocycles. The van der Waals surface area contributed by atoms with E-state index in [-0.39, 0.29) is 24.6 Å². The van der Waals surface area contributed by atoms with Crippen LogP contribution in [0.2, 0.25) is 0 Å². The predicted molar refractivity (Wildman–Crippen MR) is 71.8 cm³/mol. The fourth-order valence-corrected chi connectivity index (χ4v) is 1.52. The van der Waals surface area contributed by atoms with Crippen LogP contribution in [0.25, 0.3) is 0 Å². The summed E-state index contributed by atoms with van der Waals surface area (Å²) in [6.45, 7) is 1.51. The normalized spacial score (nSPS) is 13.2. The van der Waals surface area contributed by atoms with E-state index in [4.69, 9.17) is 10.8 Å². The van der Waals surface area contributed by atoms with E-state index in [1.165, 1.54) is 6.92 Å². The maximum Gasteiger partial charge on any atom is 0.306 e. The van der Waals surface area contributed by atoms with E-state index >= 15 is 0 Å². The summed E-state index contributed by atoms with van der Waals surface area (Å²) in [7, 11) is 0. The second-order valence-electron chi connectivity index (χ2n) is 4.21. The molecule has 18 heavy (non-hydrogen) atoms. The standard InChI is InChI=1S/C13H17NO3.ClH/c1-9(13(16)17)7-12(15)11(14)8-10-5-3-2-4-6-10;/h2-6,9,11H,7-8,14H2,1H3,(H,16,17);1H. The van der Waals surface area contributed by atoms with E-state index < -0.39 is 17.9 Å². The van der Waals surface area contributed by atoms with Crippen LogP contribution in [0.15, 0.2) is 30.3 Å². The zero-order chi connectivity index (χ0) is 12.8. The first kappa shape index (κ1) is 16.6. The third kappa shape index (κ3) is 5.29. The second-order valence-corrected chi connectivity index (χ2v) is 4.21. The summed E-state index contributed by atoms with van der Waals surface area (Å²) in [5, 5.41) is 8.71. The first-order chi connectivity index (χ1) is 8.00. The summed E-state index contributed by atoms with van der Waals surface area (Å²) in [5.74, 6) is -1.85. The van der Waals surface area contributed by atoms with Crippen molar-refractivity contribution in [3.8, 4) is 0 Å². The molecule has 0 heterocycles. The van der Waals surface area contributed by atoms with Crippen molar-refractivity contribution < 1.29 is 14.7 Å². The highest BCUT2D eigenvalue weighted by Gasteiger charge is 2.20. The molecular weight excluding hydrogens is 254 g/mol. The van der Waals surface area contributed by atoms with Gasteiger partial charge in [-0.3, -0.25) is 9.59 Å². The fraction of sp³-hybridized carbons (Fsp3) is 0.385.